The van der Waals surface area contributed by atoms with Gasteiger partial charge in [0, 0.05) is 45.7 Å². The lowest BCUT2D eigenvalue weighted by Crippen LogP contribution is -2.47. The van der Waals surface area contributed by atoms with E-state index in [0.717, 1.165) is 56.9 Å². The van der Waals surface area contributed by atoms with Crippen LogP contribution in [0.3, 0.4) is 0 Å². The van der Waals surface area contributed by atoms with Gasteiger partial charge in [-0.05, 0) is 41.3 Å². The molecule has 3 aromatic rings. The van der Waals surface area contributed by atoms with Gasteiger partial charge in [-0.25, -0.2) is 0 Å². The molecule has 1 aliphatic rings. The molecule has 1 aliphatic heterocycles. The molecule has 192 valence electrons. The lowest BCUT2D eigenvalue weighted by atomic mass is 10.0. The lowest BCUT2D eigenvalue weighted by molar-refractivity contribution is 0.0706. The second kappa shape index (κ2) is 13.3. The Labute approximate surface area is 215 Å². The minimum Gasteiger partial charge on any atom is -0.493 e. The molecule has 3 aromatic carbocycles. The number of rotatable bonds is 12. The van der Waals surface area contributed by atoms with Crippen molar-refractivity contribution < 1.29 is 19.3 Å². The van der Waals surface area contributed by atoms with Crippen molar-refractivity contribution in [1.29, 1.82) is 0 Å². The average Bonchev–Trinajstić information content (AvgIpc) is 2.93. The molecule has 0 aromatic heterocycles. The van der Waals surface area contributed by atoms with Gasteiger partial charge in [0.25, 0.3) is 0 Å². The van der Waals surface area contributed by atoms with Crippen molar-refractivity contribution >= 4 is 0 Å². The Morgan fingerprint density at radius 3 is 2.22 bits per heavy atom. The molecular formula is C30H38N2O4. The highest BCUT2D eigenvalue weighted by Crippen LogP contribution is 2.30. The summed E-state index contributed by atoms with van der Waals surface area (Å²) < 4.78 is 16.8. The first-order valence-electron chi connectivity index (χ1n) is 12.8. The van der Waals surface area contributed by atoms with Gasteiger partial charge in [0.05, 0.1) is 26.9 Å². The van der Waals surface area contributed by atoms with Gasteiger partial charge >= 0.3 is 0 Å². The quantitative estimate of drug-likeness (QED) is 0.380. The number of piperazine rings is 1. The van der Waals surface area contributed by atoms with Crippen molar-refractivity contribution in [2.45, 2.75) is 18.9 Å². The highest BCUT2D eigenvalue weighted by molar-refractivity contribution is 5.43. The first kappa shape index (κ1) is 26.0. The van der Waals surface area contributed by atoms with E-state index in [-0.39, 0.29) is 0 Å². The zero-order chi connectivity index (χ0) is 25.2. The molecule has 1 unspecified atom stereocenters. The summed E-state index contributed by atoms with van der Waals surface area (Å²) in [7, 11) is 3.23. The molecule has 6 nitrogen and oxygen atoms in total. The van der Waals surface area contributed by atoms with Crippen LogP contribution >= 0.6 is 0 Å². The summed E-state index contributed by atoms with van der Waals surface area (Å²) in [6, 6.07) is 24.5. The molecule has 0 spiro atoms. The third-order valence-electron chi connectivity index (χ3n) is 6.77. The van der Waals surface area contributed by atoms with Crippen molar-refractivity contribution in [3.63, 3.8) is 0 Å². The van der Waals surface area contributed by atoms with E-state index in [1.807, 2.05) is 30.3 Å². The number of β-amino-alcohol motifs (C(OH)–C–C–N with tert-alkyl or cyclic N) is 1. The molecule has 0 aliphatic carbocycles. The molecule has 1 heterocycles. The van der Waals surface area contributed by atoms with E-state index in [1.54, 1.807) is 14.2 Å². The number of aliphatic hydroxyl groups is 1. The number of para-hydroxylation sites is 1. The number of methoxy groups -OCH3 is 2. The third-order valence-corrected chi connectivity index (χ3v) is 6.77. The molecule has 0 radical (unpaired) electrons. The zero-order valence-corrected chi connectivity index (χ0v) is 21.4. The number of nitrogens with zero attached hydrogens (tertiary/aromatic N) is 2. The fourth-order valence-corrected chi connectivity index (χ4v) is 4.68. The SMILES string of the molecule is COc1ccc(C(O)CN2CCN(CCCOc3ccccc3Cc3ccccc3)CC2)cc1OC. The summed E-state index contributed by atoms with van der Waals surface area (Å²) in [5.74, 6) is 2.30. The molecule has 36 heavy (non-hydrogen) atoms. The summed E-state index contributed by atoms with van der Waals surface area (Å²) in [6.07, 6.45) is 1.32. The number of benzene rings is 3. The summed E-state index contributed by atoms with van der Waals surface area (Å²) in [4.78, 5) is 4.81. The first-order valence-corrected chi connectivity index (χ1v) is 12.8. The molecular weight excluding hydrogens is 452 g/mol. The standard InChI is InChI=1S/C30H38N2O4/c1-34-29-14-13-25(22-30(29)35-2)27(33)23-32-18-16-31(17-19-32)15-8-20-36-28-12-7-6-11-26(28)21-24-9-4-3-5-10-24/h3-7,9-14,22,27,33H,8,15-21,23H2,1-2H3. The van der Waals surface area contributed by atoms with Crippen molar-refractivity contribution in [3.8, 4) is 17.2 Å². The van der Waals surface area contributed by atoms with Crippen LogP contribution in [0.4, 0.5) is 0 Å². The van der Waals surface area contributed by atoms with Crippen LogP contribution in [0.15, 0.2) is 72.8 Å². The zero-order valence-electron chi connectivity index (χ0n) is 21.4. The van der Waals surface area contributed by atoms with Gasteiger partial charge in [0.15, 0.2) is 11.5 Å². The van der Waals surface area contributed by atoms with Gasteiger partial charge in [-0.3, -0.25) is 4.90 Å². The largest absolute Gasteiger partial charge is 0.493 e. The van der Waals surface area contributed by atoms with Crippen LogP contribution in [0.2, 0.25) is 0 Å². The summed E-state index contributed by atoms with van der Waals surface area (Å²) in [6.45, 7) is 6.25. The normalized spacial score (nSPS) is 15.4. The second-order valence-corrected chi connectivity index (χ2v) is 9.24. The van der Waals surface area contributed by atoms with Crippen molar-refractivity contribution in [2.75, 3.05) is 60.1 Å². The molecule has 4 rings (SSSR count). The highest BCUT2D eigenvalue weighted by atomic mass is 16.5. The van der Waals surface area contributed by atoms with Crippen molar-refractivity contribution in [3.05, 3.63) is 89.5 Å². The molecule has 0 amide bonds. The van der Waals surface area contributed by atoms with E-state index < -0.39 is 6.10 Å². The smallest absolute Gasteiger partial charge is 0.161 e. The van der Waals surface area contributed by atoms with Crippen molar-refractivity contribution in [2.24, 2.45) is 0 Å². The van der Waals surface area contributed by atoms with Gasteiger partial charge in [0.2, 0.25) is 0 Å². The van der Waals surface area contributed by atoms with Gasteiger partial charge in [0.1, 0.15) is 5.75 Å². The van der Waals surface area contributed by atoms with Crippen molar-refractivity contribution in [1.82, 2.24) is 9.80 Å². The highest BCUT2D eigenvalue weighted by Gasteiger charge is 2.20. The Balaban J connectivity index is 1.17. The van der Waals surface area contributed by atoms with E-state index in [1.165, 1.54) is 11.1 Å². The predicted octanol–water partition coefficient (Wildman–Crippen LogP) is 4.41. The van der Waals surface area contributed by atoms with E-state index in [0.29, 0.717) is 24.7 Å². The fraction of sp³-hybridized carbons (Fsp3) is 0.400. The maximum Gasteiger partial charge on any atom is 0.161 e. The van der Waals surface area contributed by atoms with Crippen LogP contribution in [-0.2, 0) is 6.42 Å². The van der Waals surface area contributed by atoms with Crippen LogP contribution < -0.4 is 14.2 Å². The molecule has 1 atom stereocenters. The maximum atomic E-state index is 10.8. The minimum absolute atomic E-state index is 0.555. The molecule has 1 N–H and O–H groups in total. The Hall–Kier alpha value is -3.06. The van der Waals surface area contributed by atoms with Crippen LogP contribution in [0, 0.1) is 0 Å². The Morgan fingerprint density at radius 2 is 1.47 bits per heavy atom. The summed E-state index contributed by atoms with van der Waals surface area (Å²) in [5, 5.41) is 10.8. The lowest BCUT2D eigenvalue weighted by Gasteiger charge is -2.35. The number of ether oxygens (including phenoxy) is 3. The maximum absolute atomic E-state index is 10.8. The molecule has 6 heteroatoms. The monoisotopic (exact) mass is 490 g/mol. The Bertz CT molecular complexity index is 1070. The predicted molar refractivity (Wildman–Crippen MR) is 143 cm³/mol. The fourth-order valence-electron chi connectivity index (χ4n) is 4.68. The molecule has 0 saturated carbocycles. The van der Waals surface area contributed by atoms with Gasteiger partial charge in [-0.1, -0.05) is 54.6 Å². The Morgan fingerprint density at radius 1 is 0.778 bits per heavy atom. The first-order chi connectivity index (χ1) is 17.7. The minimum atomic E-state index is -0.555. The van der Waals surface area contributed by atoms with Crippen LogP contribution in [0.5, 0.6) is 17.2 Å². The second-order valence-electron chi connectivity index (χ2n) is 9.24. The van der Waals surface area contributed by atoms with Crippen LogP contribution in [0.1, 0.15) is 29.2 Å². The third kappa shape index (κ3) is 7.23. The topological polar surface area (TPSA) is 54.4 Å². The van der Waals surface area contributed by atoms with E-state index >= 15 is 0 Å². The van der Waals surface area contributed by atoms with Gasteiger partial charge < -0.3 is 24.2 Å². The van der Waals surface area contributed by atoms with E-state index in [9.17, 15) is 5.11 Å². The van der Waals surface area contributed by atoms with E-state index in [4.69, 9.17) is 14.2 Å². The van der Waals surface area contributed by atoms with Crippen LogP contribution in [0.25, 0.3) is 0 Å². The molecule has 1 saturated heterocycles. The van der Waals surface area contributed by atoms with Gasteiger partial charge in [-0.15, -0.1) is 0 Å². The number of aliphatic hydroxyl groups excluding tert-OH is 1. The molecule has 0 bridgehead atoms. The van der Waals surface area contributed by atoms with E-state index in [2.05, 4.69) is 52.3 Å². The summed E-state index contributed by atoms with van der Waals surface area (Å²) >= 11 is 0. The summed E-state index contributed by atoms with van der Waals surface area (Å²) in [5.41, 5.74) is 3.37. The van der Waals surface area contributed by atoms with Gasteiger partial charge in [-0.2, -0.15) is 0 Å². The number of hydrogen-bond acceptors (Lipinski definition) is 6. The van der Waals surface area contributed by atoms with Crippen LogP contribution in [-0.4, -0.2) is 75.0 Å². The average molecular weight is 491 g/mol. The number of hydrogen-bond donors (Lipinski definition) is 1. The Kier molecular flexibility index (Phi) is 9.61. The molecule has 1 fully saturated rings.